The van der Waals surface area contributed by atoms with Gasteiger partial charge in [-0.05, 0) is 24.1 Å². The molecule has 2 N–H and O–H groups in total. The van der Waals surface area contributed by atoms with Crippen LogP contribution in [0.5, 0.6) is 0 Å². The average Bonchev–Trinajstić information content (AvgIpc) is 3.00. The fourth-order valence-electron chi connectivity index (χ4n) is 2.47. The summed E-state index contributed by atoms with van der Waals surface area (Å²) in [6, 6.07) is 13.6. The first-order valence-electron chi connectivity index (χ1n) is 7.29. The largest absolute Gasteiger partial charge is 0.360 e. The summed E-state index contributed by atoms with van der Waals surface area (Å²) in [7, 11) is 0. The molecule has 23 heavy (non-hydrogen) atoms. The summed E-state index contributed by atoms with van der Waals surface area (Å²) in [5.74, 6) is -1.60. The molecule has 0 fully saturated rings. The molecule has 5 heteroatoms. The number of hydrogen-bond acceptors (Lipinski definition) is 2. The van der Waals surface area contributed by atoms with Gasteiger partial charge in [-0.1, -0.05) is 36.4 Å². The predicted octanol–water partition coefficient (Wildman–Crippen LogP) is 2.85. The van der Waals surface area contributed by atoms with Gasteiger partial charge < -0.3 is 10.3 Å². The van der Waals surface area contributed by atoms with Crippen LogP contribution in [0.1, 0.15) is 15.9 Å². The molecule has 0 radical (unpaired) electrons. The topological polar surface area (TPSA) is 62.0 Å². The molecule has 0 aliphatic heterocycles. The molecule has 0 spiro atoms. The van der Waals surface area contributed by atoms with Crippen LogP contribution in [0.2, 0.25) is 0 Å². The molecule has 0 bridgehead atoms. The number of rotatable bonds is 5. The van der Waals surface area contributed by atoms with E-state index in [0.29, 0.717) is 22.9 Å². The summed E-state index contributed by atoms with van der Waals surface area (Å²) in [5.41, 5.74) is 1.64. The Morgan fingerprint density at radius 3 is 2.61 bits per heavy atom. The minimum atomic E-state index is -0.689. The Bertz CT molecular complexity index is 870. The maximum absolute atomic E-state index is 13.5. The Kier molecular flexibility index (Phi) is 4.19. The van der Waals surface area contributed by atoms with Crippen molar-refractivity contribution in [2.24, 2.45) is 0 Å². The molecule has 4 nitrogen and oxygen atoms in total. The molecule has 1 aromatic heterocycles. The first-order chi connectivity index (χ1) is 11.2. The van der Waals surface area contributed by atoms with Crippen molar-refractivity contribution in [1.82, 2.24) is 10.3 Å². The highest BCUT2D eigenvalue weighted by Crippen LogP contribution is 2.18. The minimum absolute atomic E-state index is 0.202. The van der Waals surface area contributed by atoms with Crippen LogP contribution in [0.4, 0.5) is 4.39 Å². The van der Waals surface area contributed by atoms with Gasteiger partial charge in [0.25, 0.3) is 11.7 Å². The molecule has 0 atom stereocenters. The number of carbonyl (C=O) groups is 2. The third-order valence-electron chi connectivity index (χ3n) is 3.68. The number of ketones is 1. The van der Waals surface area contributed by atoms with Crippen LogP contribution < -0.4 is 5.32 Å². The van der Waals surface area contributed by atoms with Gasteiger partial charge in [0.15, 0.2) is 0 Å². The summed E-state index contributed by atoms with van der Waals surface area (Å²) >= 11 is 0. The monoisotopic (exact) mass is 310 g/mol. The predicted molar refractivity (Wildman–Crippen MR) is 85.7 cm³/mol. The number of benzene rings is 2. The van der Waals surface area contributed by atoms with Gasteiger partial charge in [-0.3, -0.25) is 9.59 Å². The second kappa shape index (κ2) is 6.44. The summed E-state index contributed by atoms with van der Waals surface area (Å²) in [6.07, 6.45) is 1.86. The van der Waals surface area contributed by atoms with Crippen LogP contribution >= 0.6 is 0 Å². The van der Waals surface area contributed by atoms with Gasteiger partial charge in [0, 0.05) is 23.6 Å². The zero-order valence-electron chi connectivity index (χ0n) is 12.3. The Hall–Kier alpha value is -2.95. The van der Waals surface area contributed by atoms with Crippen molar-refractivity contribution in [3.8, 4) is 0 Å². The molecule has 2 aromatic carbocycles. The van der Waals surface area contributed by atoms with Crippen molar-refractivity contribution in [3.63, 3.8) is 0 Å². The van der Waals surface area contributed by atoms with Crippen LogP contribution in [-0.4, -0.2) is 23.2 Å². The van der Waals surface area contributed by atoms with Gasteiger partial charge in [-0.15, -0.1) is 0 Å². The molecule has 0 aliphatic carbocycles. The number of para-hydroxylation sites is 1. The lowest BCUT2D eigenvalue weighted by molar-refractivity contribution is -0.116. The maximum atomic E-state index is 13.5. The van der Waals surface area contributed by atoms with Crippen molar-refractivity contribution in [2.75, 3.05) is 6.54 Å². The number of amides is 1. The van der Waals surface area contributed by atoms with Crippen molar-refractivity contribution >= 4 is 22.6 Å². The number of hydrogen-bond donors (Lipinski definition) is 2. The number of Topliss-reactive ketones (excluding diaryl/α,β-unsaturated/α-hetero) is 1. The smallest absolute Gasteiger partial charge is 0.292 e. The maximum Gasteiger partial charge on any atom is 0.292 e. The lowest BCUT2D eigenvalue weighted by Crippen LogP contribution is -2.32. The molecule has 3 aromatic rings. The zero-order chi connectivity index (χ0) is 16.2. The van der Waals surface area contributed by atoms with E-state index in [2.05, 4.69) is 10.3 Å². The molecule has 116 valence electrons. The van der Waals surface area contributed by atoms with Gasteiger partial charge in [0.05, 0.1) is 5.56 Å². The first-order valence-corrected chi connectivity index (χ1v) is 7.29. The van der Waals surface area contributed by atoms with Crippen molar-refractivity contribution in [1.29, 1.82) is 0 Å². The van der Waals surface area contributed by atoms with Crippen LogP contribution in [0.3, 0.4) is 0 Å². The Morgan fingerprint density at radius 2 is 1.78 bits per heavy atom. The van der Waals surface area contributed by atoms with Gasteiger partial charge in [-0.2, -0.15) is 0 Å². The second-order valence-corrected chi connectivity index (χ2v) is 5.17. The van der Waals surface area contributed by atoms with Gasteiger partial charge in [-0.25, -0.2) is 4.39 Å². The molecule has 1 amide bonds. The van der Waals surface area contributed by atoms with Gasteiger partial charge in [0.1, 0.15) is 5.82 Å². The number of fused-ring (bicyclic) bond motifs is 1. The second-order valence-electron chi connectivity index (χ2n) is 5.17. The lowest BCUT2D eigenvalue weighted by Gasteiger charge is -2.05. The summed E-state index contributed by atoms with van der Waals surface area (Å²) in [6.45, 7) is 0.202. The molecular weight excluding hydrogens is 295 g/mol. The van der Waals surface area contributed by atoms with Crippen molar-refractivity contribution in [3.05, 3.63) is 71.7 Å². The Balaban J connectivity index is 1.64. The van der Waals surface area contributed by atoms with E-state index < -0.39 is 11.7 Å². The van der Waals surface area contributed by atoms with Crippen LogP contribution in [0.15, 0.2) is 54.7 Å². The highest BCUT2D eigenvalue weighted by Gasteiger charge is 2.19. The number of carbonyl (C=O) groups excluding carboxylic acids is 2. The number of H-pyrrole nitrogens is 1. The van der Waals surface area contributed by atoms with Crippen molar-refractivity contribution in [2.45, 2.75) is 6.42 Å². The van der Waals surface area contributed by atoms with Gasteiger partial charge in [0.2, 0.25) is 0 Å². The normalized spacial score (nSPS) is 10.7. The number of nitrogens with one attached hydrogen (secondary N) is 2. The van der Waals surface area contributed by atoms with Crippen molar-refractivity contribution < 1.29 is 14.0 Å². The van der Waals surface area contributed by atoms with E-state index in [1.54, 1.807) is 24.3 Å². The number of aromatic amines is 1. The third kappa shape index (κ3) is 3.13. The Morgan fingerprint density at radius 1 is 1.04 bits per heavy atom. The third-order valence-corrected chi connectivity index (χ3v) is 3.68. The first kappa shape index (κ1) is 15.0. The molecule has 0 saturated heterocycles. The fourth-order valence-corrected chi connectivity index (χ4v) is 2.47. The molecule has 0 aliphatic rings. The summed E-state index contributed by atoms with van der Waals surface area (Å²) in [5, 5.41) is 3.25. The van der Waals surface area contributed by atoms with E-state index in [-0.39, 0.29) is 12.4 Å². The molecular formula is C18H15FN2O2. The van der Waals surface area contributed by atoms with E-state index >= 15 is 0 Å². The van der Waals surface area contributed by atoms with E-state index in [0.717, 1.165) is 5.52 Å². The molecule has 3 rings (SSSR count). The summed E-state index contributed by atoms with van der Waals surface area (Å²) in [4.78, 5) is 27.2. The minimum Gasteiger partial charge on any atom is -0.360 e. The molecule has 0 saturated carbocycles. The molecule has 0 unspecified atom stereocenters. The van der Waals surface area contributed by atoms with E-state index in [9.17, 15) is 14.0 Å². The molecule has 1 heterocycles. The van der Waals surface area contributed by atoms with Crippen LogP contribution in [0.25, 0.3) is 10.9 Å². The fraction of sp³-hybridized carbons (Fsp3) is 0.111. The highest BCUT2D eigenvalue weighted by atomic mass is 19.1. The SMILES string of the molecule is O=C(NCCc1ccccc1F)C(=O)c1c[nH]c2ccccc12. The lowest BCUT2D eigenvalue weighted by atomic mass is 10.1. The van der Waals surface area contributed by atoms with Gasteiger partial charge >= 0.3 is 0 Å². The highest BCUT2D eigenvalue weighted by molar-refractivity contribution is 6.44. The zero-order valence-corrected chi connectivity index (χ0v) is 12.3. The van der Waals surface area contributed by atoms with E-state index in [1.165, 1.54) is 12.3 Å². The van der Waals surface area contributed by atoms with E-state index in [1.807, 2.05) is 18.2 Å². The van der Waals surface area contributed by atoms with E-state index in [4.69, 9.17) is 0 Å². The quantitative estimate of drug-likeness (QED) is 0.562. The number of aromatic nitrogens is 1. The summed E-state index contributed by atoms with van der Waals surface area (Å²) < 4.78 is 13.5. The van der Waals surface area contributed by atoms with Crippen LogP contribution in [-0.2, 0) is 11.2 Å². The standard InChI is InChI=1S/C18H15FN2O2/c19-15-7-3-1-5-12(15)9-10-20-18(23)17(22)14-11-21-16-8-4-2-6-13(14)16/h1-8,11,21H,9-10H2,(H,20,23). The Labute approximate surface area is 132 Å². The average molecular weight is 310 g/mol. The number of halogens is 1. The van der Waals surface area contributed by atoms with Crippen LogP contribution in [0, 0.1) is 5.82 Å².